The summed E-state index contributed by atoms with van der Waals surface area (Å²) in [6.45, 7) is -1.03. The standard InChI is InChI=1S/C8H7BrF3N2/c9-6-3-13-14(4-8(10,11)12)7(6)5-1-2-5/h5H,1-2,4H2. The molecule has 2 nitrogen and oxygen atoms in total. The van der Waals surface area contributed by atoms with Gasteiger partial charge in [0.25, 0.3) is 0 Å². The Kier molecular flexibility index (Phi) is 2.33. The fourth-order valence-electron chi connectivity index (χ4n) is 1.37. The molecule has 14 heavy (non-hydrogen) atoms. The van der Waals surface area contributed by atoms with Crippen LogP contribution in [0.4, 0.5) is 13.2 Å². The van der Waals surface area contributed by atoms with Crippen LogP contribution >= 0.6 is 15.9 Å². The molecule has 77 valence electrons. The molecule has 1 saturated carbocycles. The van der Waals surface area contributed by atoms with Crippen molar-refractivity contribution in [2.24, 2.45) is 0 Å². The molecule has 0 aliphatic heterocycles. The Morgan fingerprint density at radius 1 is 1.50 bits per heavy atom. The van der Waals surface area contributed by atoms with Crippen molar-refractivity contribution in [2.45, 2.75) is 31.5 Å². The highest BCUT2D eigenvalue weighted by molar-refractivity contribution is 9.10. The normalized spacial score (nSPS) is 17.4. The molecule has 1 heterocycles. The van der Waals surface area contributed by atoms with E-state index in [1.807, 2.05) is 0 Å². The molecule has 0 N–H and O–H groups in total. The summed E-state index contributed by atoms with van der Waals surface area (Å²) in [6.07, 6.45) is 0.172. The average Bonchev–Trinajstić information content (AvgIpc) is 2.77. The van der Waals surface area contributed by atoms with Crippen LogP contribution in [-0.2, 0) is 6.54 Å². The van der Waals surface area contributed by atoms with Crippen LogP contribution in [0.15, 0.2) is 4.47 Å². The first-order valence-corrected chi connectivity index (χ1v) is 4.97. The predicted molar refractivity (Wildman–Crippen MR) is 46.8 cm³/mol. The summed E-state index contributed by atoms with van der Waals surface area (Å²) in [7, 11) is 0. The third-order valence-electron chi connectivity index (χ3n) is 2.06. The van der Waals surface area contributed by atoms with Crippen LogP contribution in [0.5, 0.6) is 0 Å². The first-order valence-electron chi connectivity index (χ1n) is 4.18. The van der Waals surface area contributed by atoms with Crippen molar-refractivity contribution in [3.63, 3.8) is 0 Å². The minimum Gasteiger partial charge on any atom is -0.258 e. The van der Waals surface area contributed by atoms with E-state index in [9.17, 15) is 13.2 Å². The summed E-state index contributed by atoms with van der Waals surface area (Å²) in [5.74, 6) is 0.227. The van der Waals surface area contributed by atoms with Crippen molar-refractivity contribution in [1.82, 2.24) is 9.78 Å². The van der Waals surface area contributed by atoms with Crippen LogP contribution in [0.25, 0.3) is 0 Å². The summed E-state index contributed by atoms with van der Waals surface area (Å²) in [5, 5.41) is 3.59. The second kappa shape index (κ2) is 3.25. The summed E-state index contributed by atoms with van der Waals surface area (Å²) in [4.78, 5) is 0. The molecule has 6 heteroatoms. The molecule has 1 aliphatic rings. The molecular formula is C8H7BrF3N2. The van der Waals surface area contributed by atoms with Crippen molar-refractivity contribution in [2.75, 3.05) is 0 Å². The molecule has 0 atom stereocenters. The van der Waals surface area contributed by atoms with Crippen LogP contribution in [0.3, 0.4) is 0 Å². The van der Waals surface area contributed by atoms with Gasteiger partial charge in [-0.25, -0.2) is 0 Å². The molecule has 1 aromatic heterocycles. The Hall–Kier alpha value is -0.520. The molecule has 1 aromatic rings. The van der Waals surface area contributed by atoms with Crippen molar-refractivity contribution in [3.8, 4) is 0 Å². The third-order valence-corrected chi connectivity index (χ3v) is 2.65. The molecule has 1 aliphatic carbocycles. The second-order valence-corrected chi connectivity index (χ2v) is 4.15. The monoisotopic (exact) mass is 267 g/mol. The molecular weight excluding hydrogens is 261 g/mol. The minimum absolute atomic E-state index is 0.227. The van der Waals surface area contributed by atoms with E-state index in [2.05, 4.69) is 27.2 Å². The van der Waals surface area contributed by atoms with E-state index in [0.29, 0.717) is 10.2 Å². The van der Waals surface area contributed by atoms with E-state index in [1.165, 1.54) is 0 Å². The van der Waals surface area contributed by atoms with E-state index in [1.54, 1.807) is 0 Å². The number of hydrogen-bond donors (Lipinski definition) is 0. The SMILES string of the molecule is FC(F)(F)Cn1n[c]c(Br)c1C1CC1. The maximum atomic E-state index is 12.1. The molecule has 1 fully saturated rings. The van der Waals surface area contributed by atoms with Gasteiger partial charge in [0.2, 0.25) is 0 Å². The Morgan fingerprint density at radius 3 is 2.64 bits per heavy atom. The van der Waals surface area contributed by atoms with Gasteiger partial charge in [-0.3, -0.25) is 4.68 Å². The smallest absolute Gasteiger partial charge is 0.258 e. The van der Waals surface area contributed by atoms with E-state index in [0.717, 1.165) is 17.5 Å². The van der Waals surface area contributed by atoms with Crippen LogP contribution in [0.1, 0.15) is 24.5 Å². The van der Waals surface area contributed by atoms with Gasteiger partial charge >= 0.3 is 6.18 Å². The Bertz CT molecular complexity index is 341. The number of hydrogen-bond acceptors (Lipinski definition) is 1. The van der Waals surface area contributed by atoms with E-state index >= 15 is 0 Å². The van der Waals surface area contributed by atoms with Crippen molar-refractivity contribution < 1.29 is 13.2 Å². The lowest BCUT2D eigenvalue weighted by molar-refractivity contribution is -0.143. The molecule has 1 radical (unpaired) electrons. The number of nitrogens with zero attached hydrogens (tertiary/aromatic N) is 2. The Balaban J connectivity index is 2.24. The quantitative estimate of drug-likeness (QED) is 0.806. The van der Waals surface area contributed by atoms with Crippen LogP contribution in [0, 0.1) is 6.20 Å². The largest absolute Gasteiger partial charge is 0.408 e. The second-order valence-electron chi connectivity index (χ2n) is 3.36. The van der Waals surface area contributed by atoms with Crippen molar-refractivity contribution >= 4 is 15.9 Å². The van der Waals surface area contributed by atoms with Gasteiger partial charge in [0.05, 0.1) is 10.2 Å². The van der Waals surface area contributed by atoms with Gasteiger partial charge in [-0.15, -0.1) is 0 Å². The first-order chi connectivity index (χ1) is 6.47. The summed E-state index contributed by atoms with van der Waals surface area (Å²) in [5.41, 5.74) is 0.627. The van der Waals surface area contributed by atoms with Crippen molar-refractivity contribution in [3.05, 3.63) is 16.4 Å². The van der Waals surface area contributed by atoms with Crippen LogP contribution < -0.4 is 0 Å². The number of aromatic nitrogens is 2. The highest BCUT2D eigenvalue weighted by atomic mass is 79.9. The van der Waals surface area contributed by atoms with Gasteiger partial charge in [0.1, 0.15) is 12.7 Å². The lowest BCUT2D eigenvalue weighted by Crippen LogP contribution is -2.20. The van der Waals surface area contributed by atoms with Gasteiger partial charge in [-0.1, -0.05) is 0 Å². The fourth-order valence-corrected chi connectivity index (χ4v) is 1.97. The lowest BCUT2D eigenvalue weighted by Gasteiger charge is -2.09. The Morgan fingerprint density at radius 2 is 2.14 bits per heavy atom. The summed E-state index contributed by atoms with van der Waals surface area (Å²) >= 11 is 3.16. The summed E-state index contributed by atoms with van der Waals surface area (Å²) in [6, 6.07) is 0. The molecule has 0 amide bonds. The Labute approximate surface area is 87.2 Å². The molecule has 0 unspecified atom stereocenters. The van der Waals surface area contributed by atoms with Gasteiger partial charge in [-0.05, 0) is 28.8 Å². The number of rotatable bonds is 2. The van der Waals surface area contributed by atoms with Crippen molar-refractivity contribution in [1.29, 1.82) is 0 Å². The highest BCUT2D eigenvalue weighted by Crippen LogP contribution is 2.43. The van der Waals surface area contributed by atoms with E-state index in [-0.39, 0.29) is 5.92 Å². The fraction of sp³-hybridized carbons (Fsp3) is 0.625. The maximum absolute atomic E-state index is 12.1. The summed E-state index contributed by atoms with van der Waals surface area (Å²) < 4.78 is 37.9. The maximum Gasteiger partial charge on any atom is 0.408 e. The highest BCUT2D eigenvalue weighted by Gasteiger charge is 2.35. The van der Waals surface area contributed by atoms with Gasteiger partial charge in [0, 0.05) is 5.92 Å². The van der Waals surface area contributed by atoms with Gasteiger partial charge < -0.3 is 0 Å². The van der Waals surface area contributed by atoms with Crippen LogP contribution in [0.2, 0.25) is 0 Å². The van der Waals surface area contributed by atoms with E-state index in [4.69, 9.17) is 0 Å². The zero-order valence-corrected chi connectivity index (χ0v) is 8.69. The molecule has 2 rings (SSSR count). The lowest BCUT2D eigenvalue weighted by atomic mass is 10.3. The number of alkyl halides is 3. The molecule has 0 bridgehead atoms. The zero-order chi connectivity index (χ0) is 10.3. The molecule has 0 aromatic carbocycles. The predicted octanol–water partition coefficient (Wildman–Crippen LogP) is 2.89. The molecule has 0 saturated heterocycles. The van der Waals surface area contributed by atoms with Crippen LogP contribution in [-0.4, -0.2) is 16.0 Å². The van der Waals surface area contributed by atoms with Gasteiger partial charge in [-0.2, -0.15) is 18.3 Å². The van der Waals surface area contributed by atoms with Gasteiger partial charge in [0.15, 0.2) is 0 Å². The zero-order valence-electron chi connectivity index (χ0n) is 7.10. The number of halogens is 4. The average molecular weight is 268 g/mol. The minimum atomic E-state index is -4.22. The topological polar surface area (TPSA) is 17.8 Å². The molecule has 0 spiro atoms. The van der Waals surface area contributed by atoms with E-state index < -0.39 is 12.7 Å². The third kappa shape index (κ3) is 2.10. The first kappa shape index (κ1) is 10.0.